The minimum Gasteiger partial charge on any atom is -0.508 e. The van der Waals surface area contributed by atoms with E-state index in [4.69, 9.17) is 58.0 Å². The van der Waals surface area contributed by atoms with E-state index >= 15 is 0 Å². The zero-order valence-electron chi connectivity index (χ0n) is 86.1. The molecule has 0 aromatic heterocycles. The average molecular weight is 1790 g/mol. The molecule has 130 heavy (non-hydrogen) atoms. The van der Waals surface area contributed by atoms with Crippen LogP contribution in [0.1, 0.15) is 402 Å². The first-order valence-corrected chi connectivity index (χ1v) is 51.1. The number of ether oxygens (including phenoxy) is 9. The number of benzene rings is 7. The summed E-state index contributed by atoms with van der Waals surface area (Å²) >= 11 is 0. The van der Waals surface area contributed by atoms with Gasteiger partial charge < -0.3 is 58.0 Å². The lowest BCUT2D eigenvalue weighted by Gasteiger charge is -2.59. The summed E-state index contributed by atoms with van der Waals surface area (Å²) in [6.07, 6.45) is 24.8. The van der Waals surface area contributed by atoms with Gasteiger partial charge in [-0.15, -0.1) is 0 Å². The SMILES string of the molecule is CCC(C)C(=O)OC1(C)C2CC3CC(C2)CC1C3.CCC(C)c1ccc(O)cc1.CCC(C)c1ccc(O)cc1.CCC(C)c1ccc(O)cc1.CCC(C)c1ccc(OC(C)OC2CCC(C(C)(C)C3CCC(OC(C)Oc4ccc(C(C)CC)cc4)CC3)CC2)cc1.CCC(C)c1ccc(OC(C)OCC(C)C)cc1.CCC(C)c1ccc(OC(C)OCC(C)C)cc1. The predicted molar refractivity (Wildman–Crippen MR) is 541 cm³/mol. The molecule has 0 heterocycles. The first-order chi connectivity index (χ1) is 61.9. The summed E-state index contributed by atoms with van der Waals surface area (Å²) in [5, 5.41) is 27.0. The Balaban J connectivity index is 0.000000252. The Morgan fingerprint density at radius 3 is 0.762 bits per heavy atom. The minimum atomic E-state index is -0.227. The molecule has 0 spiro atoms. The number of hydrogen-bond acceptors (Lipinski definition) is 13. The van der Waals surface area contributed by atoms with Gasteiger partial charge in [0, 0.05) is 0 Å². The van der Waals surface area contributed by atoms with Crippen LogP contribution >= 0.6 is 0 Å². The Bertz CT molecular complexity index is 3820. The molecule has 13 rings (SSSR count). The van der Waals surface area contributed by atoms with Crippen molar-refractivity contribution >= 4 is 5.97 Å². The van der Waals surface area contributed by atoms with Crippen molar-refractivity contribution in [1.29, 1.82) is 0 Å². The van der Waals surface area contributed by atoms with Crippen LogP contribution in [0, 0.1) is 58.7 Å². The maximum absolute atomic E-state index is 12.1. The zero-order valence-corrected chi connectivity index (χ0v) is 86.1. The van der Waals surface area contributed by atoms with E-state index < -0.39 is 0 Å². The highest BCUT2D eigenvalue weighted by atomic mass is 16.7. The minimum absolute atomic E-state index is 0.0347. The van der Waals surface area contributed by atoms with Crippen molar-refractivity contribution in [3.8, 4) is 40.2 Å². The molecule has 3 N–H and O–H groups in total. The van der Waals surface area contributed by atoms with E-state index in [9.17, 15) is 4.79 Å². The largest absolute Gasteiger partial charge is 0.508 e. The smallest absolute Gasteiger partial charge is 0.309 e. The zero-order chi connectivity index (χ0) is 95.8. The number of carbonyl (C=O) groups is 1. The molecule has 6 fully saturated rings. The first kappa shape index (κ1) is 111. The van der Waals surface area contributed by atoms with E-state index in [1.54, 1.807) is 36.4 Å². The number of hydrogen-bond donors (Lipinski definition) is 3. The highest BCUT2D eigenvalue weighted by Gasteiger charge is 2.57. The van der Waals surface area contributed by atoms with Crippen LogP contribution in [0.2, 0.25) is 0 Å². The van der Waals surface area contributed by atoms with Crippen molar-refractivity contribution in [3.63, 3.8) is 0 Å². The van der Waals surface area contributed by atoms with Crippen LogP contribution in [-0.2, 0) is 28.5 Å². The summed E-state index contributed by atoms with van der Waals surface area (Å²) < 4.78 is 53.6. The van der Waals surface area contributed by atoms with E-state index in [1.807, 2.05) is 95.3 Å². The van der Waals surface area contributed by atoms with Crippen LogP contribution in [0.3, 0.4) is 0 Å². The van der Waals surface area contributed by atoms with Gasteiger partial charge in [-0.2, -0.15) is 0 Å². The fraction of sp³-hybridized carbons (Fsp3) is 0.632. The van der Waals surface area contributed by atoms with Gasteiger partial charge in [0.1, 0.15) is 45.8 Å². The average Bonchev–Trinajstić information content (AvgIpc) is 0.732. The highest BCUT2D eigenvalue weighted by Crippen LogP contribution is 2.60. The van der Waals surface area contributed by atoms with Gasteiger partial charge in [0.05, 0.1) is 31.3 Å². The van der Waals surface area contributed by atoms with E-state index in [-0.39, 0.29) is 42.6 Å². The van der Waals surface area contributed by atoms with Crippen LogP contribution in [0.5, 0.6) is 40.2 Å². The fourth-order valence-electron chi connectivity index (χ4n) is 18.6. The lowest BCUT2D eigenvalue weighted by atomic mass is 9.50. The Morgan fingerprint density at radius 1 is 0.323 bits per heavy atom. The number of rotatable bonds is 37. The topological polar surface area (TPSA) is 161 Å². The second-order valence-corrected chi connectivity index (χ2v) is 40.7. The van der Waals surface area contributed by atoms with Gasteiger partial charge in [-0.1, -0.05) is 237 Å². The second kappa shape index (κ2) is 57.2. The van der Waals surface area contributed by atoms with Gasteiger partial charge in [0.15, 0.2) is 25.2 Å². The molecule has 7 aromatic rings. The second-order valence-electron chi connectivity index (χ2n) is 40.7. The van der Waals surface area contributed by atoms with Crippen molar-refractivity contribution in [2.75, 3.05) is 13.2 Å². The van der Waals surface area contributed by atoms with Gasteiger partial charge in [0.2, 0.25) is 0 Å². The van der Waals surface area contributed by atoms with E-state index in [1.165, 1.54) is 96.7 Å². The maximum Gasteiger partial charge on any atom is 0.309 e. The fourth-order valence-corrected chi connectivity index (χ4v) is 18.6. The standard InChI is InChI=1S/C39H60O4.3C16H26O2.3C10H14O/c1-9-27(3)31-11-19-35(20-12-31)40-29(5)42-37-23-15-33(16-24-37)39(7,8)34-17-25-38(26-18-34)43-30(6)41-36-21-13-32(14-22-36)28(4)10-2;1-4-10(2)15(17)18-16(3)13-6-11-5-12(8-13)9-14(16)7-11;2*1-6-13(4)15-7-9-16(10-8-15)18-14(5)17-11-12(2)3;3*1-3-8(2)9-4-6-10(11)7-5-9/h11-14,19-22,27-30,33-34,37-38H,9-10,15-18,23-26H2,1-8H3;10-14H,4-9H2,1-3H3;2*7-10,12-14H,6,11H2,1-5H3;3*4-8,11H,3H2,1-2H3. The molecule has 6 aliphatic carbocycles. The Morgan fingerprint density at radius 2 is 0.546 bits per heavy atom. The molecule has 13 heteroatoms. The molecule has 13 nitrogen and oxygen atoms in total. The van der Waals surface area contributed by atoms with Gasteiger partial charge in [0.25, 0.3) is 0 Å². The third-order valence-corrected chi connectivity index (χ3v) is 29.3. The quantitative estimate of drug-likeness (QED) is 0.0250. The maximum atomic E-state index is 12.1. The van der Waals surface area contributed by atoms with E-state index in [2.05, 4.69) is 225 Å². The molecule has 7 aromatic carbocycles. The van der Waals surface area contributed by atoms with E-state index in [0.717, 1.165) is 137 Å². The molecular weight excluding hydrogens is 1610 g/mol. The van der Waals surface area contributed by atoms with Gasteiger partial charge in [-0.3, -0.25) is 4.79 Å². The molecule has 4 bridgehead atoms. The molecular formula is C117H180O13. The van der Waals surface area contributed by atoms with Crippen molar-refractivity contribution < 1.29 is 62.7 Å². The van der Waals surface area contributed by atoms with Crippen molar-refractivity contribution in [2.45, 2.75) is 406 Å². The first-order valence-electron chi connectivity index (χ1n) is 51.1. The van der Waals surface area contributed by atoms with Crippen molar-refractivity contribution in [2.24, 2.45) is 58.7 Å². The molecule has 0 aliphatic heterocycles. The molecule has 726 valence electrons. The van der Waals surface area contributed by atoms with E-state index in [0.29, 0.717) is 100.0 Å². The monoisotopic (exact) mass is 1790 g/mol. The predicted octanol–water partition coefficient (Wildman–Crippen LogP) is 32.7. The summed E-state index contributed by atoms with van der Waals surface area (Å²) in [4.78, 5) is 12.1. The van der Waals surface area contributed by atoms with Crippen molar-refractivity contribution in [3.05, 3.63) is 209 Å². The van der Waals surface area contributed by atoms with Crippen molar-refractivity contribution in [1.82, 2.24) is 0 Å². The summed E-state index contributed by atoms with van der Waals surface area (Å²) in [6.45, 7) is 60.2. The lowest BCUT2D eigenvalue weighted by molar-refractivity contribution is -0.206. The number of aromatic hydroxyl groups is 3. The molecule has 6 aliphatic rings. The molecule has 0 amide bonds. The summed E-state index contributed by atoms with van der Waals surface area (Å²) in [5.74, 6) is 14.5. The Labute approximate surface area is 791 Å². The van der Waals surface area contributed by atoms with Gasteiger partial charge in [-0.25, -0.2) is 0 Å². The lowest BCUT2D eigenvalue weighted by Crippen LogP contribution is -2.58. The van der Waals surface area contributed by atoms with Crippen LogP contribution < -0.4 is 18.9 Å². The molecule has 0 radical (unpaired) electrons. The summed E-state index contributed by atoms with van der Waals surface area (Å²) in [6, 6.07) is 56.0. The van der Waals surface area contributed by atoms with Crippen LogP contribution in [0.4, 0.5) is 0 Å². The number of carbonyl (C=O) groups excluding carboxylic acids is 1. The molecule has 12 unspecified atom stereocenters. The number of esters is 1. The van der Waals surface area contributed by atoms with Crippen LogP contribution in [0.15, 0.2) is 170 Å². The summed E-state index contributed by atoms with van der Waals surface area (Å²) in [5.41, 5.74) is 9.55. The van der Waals surface area contributed by atoms with Gasteiger partial charge >= 0.3 is 5.97 Å². The van der Waals surface area contributed by atoms with Crippen LogP contribution in [-0.4, -0.2) is 77.5 Å². The number of phenols is 3. The highest BCUT2D eigenvalue weighted by molar-refractivity contribution is 5.72. The summed E-state index contributed by atoms with van der Waals surface area (Å²) in [7, 11) is 0. The third-order valence-electron chi connectivity index (χ3n) is 29.3. The van der Waals surface area contributed by atoms with Crippen LogP contribution in [0.25, 0.3) is 0 Å². The Kier molecular flexibility index (Phi) is 49.0. The normalized spacial score (nSPS) is 22.4. The molecule has 6 saturated carbocycles. The third kappa shape index (κ3) is 37.7. The molecule has 12 atom stereocenters. The molecule has 0 saturated heterocycles. The van der Waals surface area contributed by atoms with Gasteiger partial charge in [-0.05, 0) is 388 Å². The Hall–Kier alpha value is -7.55. The number of phenolic OH excluding ortho intramolecular Hbond substituents is 3.